The number of imidazole rings is 1. The van der Waals surface area contributed by atoms with Gasteiger partial charge in [0.05, 0.1) is 0 Å². The average molecular weight is 256 g/mol. The monoisotopic (exact) mass is 255 g/mol. The zero-order valence-electron chi connectivity index (χ0n) is 7.23. The van der Waals surface area contributed by atoms with E-state index >= 15 is 0 Å². The first kappa shape index (κ1) is 9.14. The van der Waals surface area contributed by atoms with Gasteiger partial charge in [-0.25, -0.2) is 14.8 Å². The molecule has 6 heteroatoms. The van der Waals surface area contributed by atoms with Gasteiger partial charge in [-0.1, -0.05) is 0 Å². The first-order valence-electron chi connectivity index (χ1n) is 3.81. The summed E-state index contributed by atoms with van der Waals surface area (Å²) in [7, 11) is 1.62. The molecule has 2 heterocycles. The number of nitrogens with zero attached hydrogens (tertiary/aromatic N) is 3. The van der Waals surface area contributed by atoms with Crippen molar-refractivity contribution < 1.29 is 9.90 Å². The van der Waals surface area contributed by atoms with Crippen molar-refractivity contribution in [2.24, 2.45) is 7.05 Å². The van der Waals surface area contributed by atoms with Gasteiger partial charge in [-0.2, -0.15) is 0 Å². The van der Waals surface area contributed by atoms with Gasteiger partial charge in [0.25, 0.3) is 0 Å². The predicted octanol–water partition coefficient (Wildman–Crippen LogP) is 1.43. The number of aromatic carboxylic acids is 1. The summed E-state index contributed by atoms with van der Waals surface area (Å²) >= 11 is 3.24. The largest absolute Gasteiger partial charge is 0.475 e. The lowest BCUT2D eigenvalue weighted by Gasteiger charge is -1.95. The number of rotatable bonds is 1. The molecule has 0 spiro atoms. The van der Waals surface area contributed by atoms with Crippen molar-refractivity contribution in [1.29, 1.82) is 0 Å². The maximum atomic E-state index is 10.8. The zero-order valence-corrected chi connectivity index (χ0v) is 8.82. The van der Waals surface area contributed by atoms with E-state index in [0.717, 1.165) is 4.47 Å². The third kappa shape index (κ3) is 1.27. The molecule has 0 radical (unpaired) electrons. The Balaban J connectivity index is 2.79. The van der Waals surface area contributed by atoms with E-state index in [1.807, 2.05) is 0 Å². The molecule has 0 saturated heterocycles. The van der Waals surface area contributed by atoms with Gasteiger partial charge in [0.2, 0.25) is 5.82 Å². The second kappa shape index (κ2) is 3.06. The van der Waals surface area contributed by atoms with Crippen LogP contribution in [0.1, 0.15) is 10.6 Å². The molecule has 0 aromatic carbocycles. The van der Waals surface area contributed by atoms with Crippen molar-refractivity contribution in [3.63, 3.8) is 0 Å². The van der Waals surface area contributed by atoms with Crippen LogP contribution in [-0.2, 0) is 7.05 Å². The molecular formula is C8H6BrN3O2. The number of pyridine rings is 1. The Morgan fingerprint density at radius 3 is 3.00 bits per heavy atom. The van der Waals surface area contributed by atoms with E-state index in [-0.39, 0.29) is 5.82 Å². The van der Waals surface area contributed by atoms with Gasteiger partial charge in [0.15, 0.2) is 5.65 Å². The van der Waals surface area contributed by atoms with E-state index in [1.165, 1.54) is 4.57 Å². The summed E-state index contributed by atoms with van der Waals surface area (Å²) in [5, 5.41) is 8.81. The lowest BCUT2D eigenvalue weighted by Crippen LogP contribution is -2.05. The number of fused-ring (bicyclic) bond motifs is 1. The van der Waals surface area contributed by atoms with Crippen LogP contribution in [0.25, 0.3) is 11.2 Å². The van der Waals surface area contributed by atoms with Crippen LogP contribution in [0.5, 0.6) is 0 Å². The molecule has 1 N–H and O–H groups in total. The molecule has 0 unspecified atom stereocenters. The van der Waals surface area contributed by atoms with Crippen molar-refractivity contribution in [3.8, 4) is 0 Å². The summed E-state index contributed by atoms with van der Waals surface area (Å²) < 4.78 is 2.23. The van der Waals surface area contributed by atoms with E-state index < -0.39 is 5.97 Å². The van der Waals surface area contributed by atoms with E-state index in [2.05, 4.69) is 25.9 Å². The standard InChI is InChI=1S/C8H6BrN3O2/c1-12-6-5(2-4(9)3-10-6)11-7(12)8(13)14/h2-3H,1H3,(H,13,14). The molecule has 0 aliphatic carbocycles. The third-order valence-corrected chi connectivity index (χ3v) is 2.30. The van der Waals surface area contributed by atoms with Crippen LogP contribution in [0.15, 0.2) is 16.7 Å². The van der Waals surface area contributed by atoms with Crippen LogP contribution < -0.4 is 0 Å². The molecule has 72 valence electrons. The summed E-state index contributed by atoms with van der Waals surface area (Å²) in [5.74, 6) is -1.06. The molecule has 2 aromatic heterocycles. The van der Waals surface area contributed by atoms with Crippen LogP contribution in [-0.4, -0.2) is 25.6 Å². The fourth-order valence-corrected chi connectivity index (χ4v) is 1.56. The summed E-state index contributed by atoms with van der Waals surface area (Å²) in [4.78, 5) is 18.8. The van der Waals surface area contributed by atoms with E-state index in [1.54, 1.807) is 19.3 Å². The fraction of sp³-hybridized carbons (Fsp3) is 0.125. The Hall–Kier alpha value is -1.43. The number of aromatic nitrogens is 3. The second-order valence-corrected chi connectivity index (χ2v) is 3.71. The Kier molecular flexibility index (Phi) is 1.99. The van der Waals surface area contributed by atoms with Gasteiger partial charge in [-0.3, -0.25) is 0 Å². The smallest absolute Gasteiger partial charge is 0.372 e. The lowest BCUT2D eigenvalue weighted by molar-refractivity contribution is 0.0680. The number of hydrogen-bond acceptors (Lipinski definition) is 3. The van der Waals surface area contributed by atoms with Gasteiger partial charge in [-0.05, 0) is 22.0 Å². The Labute approximate surface area is 87.5 Å². The van der Waals surface area contributed by atoms with Crippen LogP contribution in [0.2, 0.25) is 0 Å². The topological polar surface area (TPSA) is 68.0 Å². The normalized spacial score (nSPS) is 10.7. The van der Waals surface area contributed by atoms with Gasteiger partial charge in [0.1, 0.15) is 5.52 Å². The van der Waals surface area contributed by atoms with E-state index in [0.29, 0.717) is 11.2 Å². The Bertz CT molecular complexity index is 521. The summed E-state index contributed by atoms with van der Waals surface area (Å²) in [5.41, 5.74) is 1.13. The fourth-order valence-electron chi connectivity index (χ4n) is 1.24. The van der Waals surface area contributed by atoms with Crippen LogP contribution in [0.3, 0.4) is 0 Å². The number of halogens is 1. The highest BCUT2D eigenvalue weighted by Gasteiger charge is 2.14. The second-order valence-electron chi connectivity index (χ2n) is 2.80. The highest BCUT2D eigenvalue weighted by molar-refractivity contribution is 9.10. The molecular weight excluding hydrogens is 250 g/mol. The molecule has 0 aliphatic heterocycles. The van der Waals surface area contributed by atoms with Crippen molar-refractivity contribution in [2.75, 3.05) is 0 Å². The Morgan fingerprint density at radius 2 is 2.36 bits per heavy atom. The molecule has 5 nitrogen and oxygen atoms in total. The minimum Gasteiger partial charge on any atom is -0.475 e. The van der Waals surface area contributed by atoms with Gasteiger partial charge in [0, 0.05) is 17.7 Å². The highest BCUT2D eigenvalue weighted by atomic mass is 79.9. The van der Waals surface area contributed by atoms with Gasteiger partial charge in [-0.15, -0.1) is 0 Å². The molecule has 14 heavy (non-hydrogen) atoms. The number of carbonyl (C=O) groups is 1. The average Bonchev–Trinajstić information content (AvgIpc) is 2.43. The van der Waals surface area contributed by atoms with Crippen LogP contribution in [0.4, 0.5) is 0 Å². The number of hydrogen-bond donors (Lipinski definition) is 1. The summed E-state index contributed by atoms with van der Waals surface area (Å²) in [6.45, 7) is 0. The molecule has 0 aliphatic rings. The molecule has 0 amide bonds. The maximum absolute atomic E-state index is 10.8. The SMILES string of the molecule is Cn1c(C(=O)O)nc2cc(Br)cnc21. The first-order valence-corrected chi connectivity index (χ1v) is 4.60. The Morgan fingerprint density at radius 1 is 1.64 bits per heavy atom. The predicted molar refractivity (Wildman–Crippen MR) is 53.2 cm³/mol. The van der Waals surface area contributed by atoms with Crippen molar-refractivity contribution in [3.05, 3.63) is 22.6 Å². The summed E-state index contributed by atoms with van der Waals surface area (Å²) in [6.07, 6.45) is 1.61. The zero-order chi connectivity index (χ0) is 10.3. The van der Waals surface area contributed by atoms with Gasteiger partial charge >= 0.3 is 5.97 Å². The molecule has 2 aromatic rings. The van der Waals surface area contributed by atoms with Crippen LogP contribution >= 0.6 is 15.9 Å². The summed E-state index contributed by atoms with van der Waals surface area (Å²) in [6, 6.07) is 1.73. The number of aryl methyl sites for hydroxylation is 1. The van der Waals surface area contributed by atoms with Crippen LogP contribution in [0, 0.1) is 0 Å². The van der Waals surface area contributed by atoms with Crippen molar-refractivity contribution in [1.82, 2.24) is 14.5 Å². The van der Waals surface area contributed by atoms with E-state index in [9.17, 15) is 4.79 Å². The molecule has 2 rings (SSSR count). The van der Waals surface area contributed by atoms with Crippen molar-refractivity contribution in [2.45, 2.75) is 0 Å². The maximum Gasteiger partial charge on any atom is 0.372 e. The first-order chi connectivity index (χ1) is 6.59. The molecule has 0 saturated carbocycles. The molecule has 0 fully saturated rings. The van der Waals surface area contributed by atoms with E-state index in [4.69, 9.17) is 5.11 Å². The number of carboxylic acid groups (broad SMARTS) is 1. The quantitative estimate of drug-likeness (QED) is 0.837. The van der Waals surface area contributed by atoms with Gasteiger partial charge < -0.3 is 9.67 Å². The molecule has 0 bridgehead atoms. The lowest BCUT2D eigenvalue weighted by atomic mass is 10.4. The molecule has 0 atom stereocenters. The third-order valence-electron chi connectivity index (χ3n) is 1.87. The minimum atomic E-state index is -1.05. The minimum absolute atomic E-state index is 0.00870. The van der Waals surface area contributed by atoms with Crippen molar-refractivity contribution >= 4 is 33.1 Å². The highest BCUT2D eigenvalue weighted by Crippen LogP contribution is 2.17. The number of carboxylic acids is 1.